The summed E-state index contributed by atoms with van der Waals surface area (Å²) < 4.78 is 0. The van der Waals surface area contributed by atoms with E-state index in [1.54, 1.807) is 30.3 Å². The maximum atomic E-state index is 11.5. The number of aliphatic carboxylic acids is 2. The van der Waals surface area contributed by atoms with Crippen LogP contribution in [0.3, 0.4) is 0 Å². The van der Waals surface area contributed by atoms with Gasteiger partial charge in [-0.05, 0) is 23.9 Å². The third kappa shape index (κ3) is 4.88. The first-order valence-electron chi connectivity index (χ1n) is 4.96. The van der Waals surface area contributed by atoms with Gasteiger partial charge in [-0.1, -0.05) is 18.2 Å². The SMILES string of the molecule is O=C(O)CC(SC(=O)Nc1ccccc1)C(=O)O. The lowest BCUT2D eigenvalue weighted by atomic mass is 10.3. The van der Waals surface area contributed by atoms with Crippen LogP contribution in [0, 0.1) is 0 Å². The molecule has 3 N–H and O–H groups in total. The molecule has 0 saturated carbocycles. The topological polar surface area (TPSA) is 104 Å². The number of amides is 1. The lowest BCUT2D eigenvalue weighted by molar-refractivity contribution is -0.142. The summed E-state index contributed by atoms with van der Waals surface area (Å²) in [5.41, 5.74) is 0.523. The van der Waals surface area contributed by atoms with Crippen molar-refractivity contribution in [2.75, 3.05) is 5.32 Å². The van der Waals surface area contributed by atoms with Gasteiger partial charge in [0.15, 0.2) is 0 Å². The molecular weight excluding hydrogens is 258 g/mol. The minimum atomic E-state index is -1.33. The van der Waals surface area contributed by atoms with E-state index in [-0.39, 0.29) is 0 Å². The van der Waals surface area contributed by atoms with Gasteiger partial charge in [0.2, 0.25) is 0 Å². The molecule has 0 bridgehead atoms. The van der Waals surface area contributed by atoms with Gasteiger partial charge >= 0.3 is 11.9 Å². The maximum absolute atomic E-state index is 11.5. The van der Waals surface area contributed by atoms with Crippen LogP contribution in [-0.4, -0.2) is 32.6 Å². The maximum Gasteiger partial charge on any atom is 0.317 e. The van der Waals surface area contributed by atoms with Crippen molar-refractivity contribution in [2.45, 2.75) is 11.7 Å². The van der Waals surface area contributed by atoms with Crippen LogP contribution in [0.2, 0.25) is 0 Å². The lowest BCUT2D eigenvalue weighted by Gasteiger charge is -2.09. The molecule has 0 aromatic heterocycles. The first-order valence-corrected chi connectivity index (χ1v) is 5.84. The number of carboxylic acid groups (broad SMARTS) is 2. The van der Waals surface area contributed by atoms with Gasteiger partial charge in [0.25, 0.3) is 5.24 Å². The molecule has 0 heterocycles. The molecule has 0 aliphatic rings. The van der Waals surface area contributed by atoms with Gasteiger partial charge in [-0.15, -0.1) is 0 Å². The molecule has 0 aliphatic heterocycles. The average molecular weight is 269 g/mol. The third-order valence-corrected chi connectivity index (χ3v) is 2.87. The Bertz CT molecular complexity index is 448. The van der Waals surface area contributed by atoms with Gasteiger partial charge in [-0.2, -0.15) is 0 Å². The second-order valence-corrected chi connectivity index (χ2v) is 4.50. The predicted molar refractivity (Wildman–Crippen MR) is 66.7 cm³/mol. The van der Waals surface area contributed by atoms with E-state index in [1.165, 1.54) is 0 Å². The number of para-hydroxylation sites is 1. The Hall–Kier alpha value is -2.02. The minimum absolute atomic E-state index is 0.446. The van der Waals surface area contributed by atoms with Crippen molar-refractivity contribution in [3.05, 3.63) is 30.3 Å². The fraction of sp³-hybridized carbons (Fsp3) is 0.182. The molecule has 96 valence electrons. The van der Waals surface area contributed by atoms with Crippen LogP contribution in [-0.2, 0) is 9.59 Å². The molecular formula is C11H11NO5S. The van der Waals surface area contributed by atoms with Crippen molar-refractivity contribution in [1.82, 2.24) is 0 Å². The van der Waals surface area contributed by atoms with Crippen molar-refractivity contribution in [3.63, 3.8) is 0 Å². The summed E-state index contributed by atoms with van der Waals surface area (Å²) in [4.78, 5) is 32.7. The smallest absolute Gasteiger partial charge is 0.317 e. The summed E-state index contributed by atoms with van der Waals surface area (Å²) in [5, 5.41) is 17.9. The van der Waals surface area contributed by atoms with E-state index in [0.717, 1.165) is 0 Å². The summed E-state index contributed by atoms with van der Waals surface area (Å²) in [6.45, 7) is 0. The monoisotopic (exact) mass is 269 g/mol. The number of nitrogens with one attached hydrogen (secondary N) is 1. The molecule has 1 amide bonds. The highest BCUT2D eigenvalue weighted by atomic mass is 32.2. The summed E-state index contributed by atoms with van der Waals surface area (Å²) in [5.74, 6) is -2.59. The standard InChI is InChI=1S/C11H11NO5S/c13-9(14)6-8(10(15)16)18-11(17)12-7-4-2-1-3-5-7/h1-5,8H,6H2,(H,12,17)(H,13,14)(H,15,16). The van der Waals surface area contributed by atoms with Crippen molar-refractivity contribution >= 4 is 34.6 Å². The Balaban J connectivity index is 2.56. The second kappa shape index (κ2) is 6.65. The van der Waals surface area contributed by atoms with Crippen LogP contribution in [0.25, 0.3) is 0 Å². The van der Waals surface area contributed by atoms with E-state index in [4.69, 9.17) is 10.2 Å². The number of rotatable bonds is 5. The summed E-state index contributed by atoms with van der Waals surface area (Å²) in [7, 11) is 0. The van der Waals surface area contributed by atoms with Gasteiger partial charge in [0, 0.05) is 5.69 Å². The molecule has 1 rings (SSSR count). The van der Waals surface area contributed by atoms with Gasteiger partial charge in [-0.25, -0.2) is 0 Å². The molecule has 1 unspecified atom stereocenters. The highest BCUT2D eigenvalue weighted by Gasteiger charge is 2.25. The molecule has 0 saturated heterocycles. The quantitative estimate of drug-likeness (QED) is 0.754. The lowest BCUT2D eigenvalue weighted by Crippen LogP contribution is -2.23. The molecule has 6 nitrogen and oxygen atoms in total. The average Bonchev–Trinajstić information content (AvgIpc) is 2.28. The zero-order chi connectivity index (χ0) is 13.5. The first-order chi connectivity index (χ1) is 8.49. The van der Waals surface area contributed by atoms with Crippen LogP contribution in [0.15, 0.2) is 30.3 Å². The Morgan fingerprint density at radius 1 is 1.17 bits per heavy atom. The molecule has 0 spiro atoms. The Labute approximate surface area is 107 Å². The number of hydrogen-bond donors (Lipinski definition) is 3. The van der Waals surface area contributed by atoms with Crippen molar-refractivity contribution in [1.29, 1.82) is 0 Å². The van der Waals surface area contributed by atoms with E-state index in [2.05, 4.69) is 5.32 Å². The molecule has 0 radical (unpaired) electrons. The highest BCUT2D eigenvalue weighted by Crippen LogP contribution is 2.19. The first kappa shape index (κ1) is 14.0. The number of carbonyl (C=O) groups excluding carboxylic acids is 1. The van der Waals surface area contributed by atoms with Gasteiger partial charge in [0.05, 0.1) is 6.42 Å². The summed E-state index contributed by atoms with van der Waals surface area (Å²) in [6, 6.07) is 8.49. The van der Waals surface area contributed by atoms with E-state index in [9.17, 15) is 14.4 Å². The van der Waals surface area contributed by atoms with E-state index in [1.807, 2.05) is 0 Å². The fourth-order valence-corrected chi connectivity index (χ4v) is 1.90. The van der Waals surface area contributed by atoms with Crippen LogP contribution < -0.4 is 5.32 Å². The van der Waals surface area contributed by atoms with E-state index >= 15 is 0 Å². The van der Waals surface area contributed by atoms with E-state index < -0.39 is 28.8 Å². The number of anilines is 1. The van der Waals surface area contributed by atoms with Gasteiger partial charge in [-0.3, -0.25) is 14.4 Å². The number of carboxylic acids is 2. The normalized spacial score (nSPS) is 11.6. The zero-order valence-electron chi connectivity index (χ0n) is 9.20. The summed E-state index contributed by atoms with van der Waals surface area (Å²) in [6.07, 6.45) is -0.609. The van der Waals surface area contributed by atoms with E-state index in [0.29, 0.717) is 17.4 Å². The molecule has 7 heteroatoms. The molecule has 1 atom stereocenters. The van der Waals surface area contributed by atoms with Crippen molar-refractivity contribution in [2.24, 2.45) is 0 Å². The third-order valence-electron chi connectivity index (χ3n) is 1.90. The van der Waals surface area contributed by atoms with Crippen LogP contribution in [0.5, 0.6) is 0 Å². The number of thioether (sulfide) groups is 1. The second-order valence-electron chi connectivity index (χ2n) is 3.32. The largest absolute Gasteiger partial charge is 0.481 e. The molecule has 1 aromatic rings. The predicted octanol–water partition coefficient (Wildman–Crippen LogP) is 1.88. The molecule has 0 aliphatic carbocycles. The molecule has 0 fully saturated rings. The number of hydrogen-bond acceptors (Lipinski definition) is 4. The Morgan fingerprint density at radius 3 is 2.28 bits per heavy atom. The molecule has 18 heavy (non-hydrogen) atoms. The zero-order valence-corrected chi connectivity index (χ0v) is 10.0. The van der Waals surface area contributed by atoms with Crippen molar-refractivity contribution in [3.8, 4) is 0 Å². The van der Waals surface area contributed by atoms with Crippen LogP contribution in [0.4, 0.5) is 10.5 Å². The van der Waals surface area contributed by atoms with Crippen LogP contribution in [0.1, 0.15) is 6.42 Å². The number of carbonyl (C=O) groups is 3. The minimum Gasteiger partial charge on any atom is -0.481 e. The molecule has 1 aromatic carbocycles. The highest BCUT2D eigenvalue weighted by molar-refractivity contribution is 8.15. The van der Waals surface area contributed by atoms with Crippen LogP contribution >= 0.6 is 11.8 Å². The summed E-state index contributed by atoms with van der Waals surface area (Å²) >= 11 is 0.446. The fourth-order valence-electron chi connectivity index (χ4n) is 1.14. The number of benzene rings is 1. The van der Waals surface area contributed by atoms with Gasteiger partial charge in [0.1, 0.15) is 5.25 Å². The van der Waals surface area contributed by atoms with Gasteiger partial charge < -0.3 is 15.5 Å². The Kier molecular flexibility index (Phi) is 5.19. The Morgan fingerprint density at radius 2 is 1.78 bits per heavy atom. The van der Waals surface area contributed by atoms with Crippen molar-refractivity contribution < 1.29 is 24.6 Å².